The van der Waals surface area contributed by atoms with Gasteiger partial charge in [-0.1, -0.05) is 0 Å². The van der Waals surface area contributed by atoms with Crippen molar-refractivity contribution in [2.45, 2.75) is 0 Å². The molecule has 3 rings (SSSR count). The summed E-state index contributed by atoms with van der Waals surface area (Å²) in [5.41, 5.74) is 3.27. The summed E-state index contributed by atoms with van der Waals surface area (Å²) in [5.74, 6) is 2.97. The predicted octanol–water partition coefficient (Wildman–Crippen LogP) is 4.56. The first-order valence-corrected chi connectivity index (χ1v) is 9.52. The SMILES string of the molecule is COc1cc(-c2ncn(C)c2-c2ccc(OC)c(OC)c2OC)cc(OC)c1Br. The molecule has 2 aromatic carbocycles. The molecule has 0 bridgehead atoms. The molecule has 1 aromatic heterocycles. The molecule has 29 heavy (non-hydrogen) atoms. The first kappa shape index (κ1) is 20.9. The van der Waals surface area contributed by atoms with E-state index >= 15 is 0 Å². The van der Waals surface area contributed by atoms with Gasteiger partial charge in [-0.15, -0.1) is 0 Å². The zero-order valence-electron chi connectivity index (χ0n) is 17.2. The number of aromatic nitrogens is 2. The van der Waals surface area contributed by atoms with Crippen molar-refractivity contribution >= 4 is 15.9 Å². The molecule has 0 saturated heterocycles. The summed E-state index contributed by atoms with van der Waals surface area (Å²) in [5, 5.41) is 0. The number of aryl methyl sites for hydroxylation is 1. The Labute approximate surface area is 178 Å². The second kappa shape index (κ2) is 8.65. The van der Waals surface area contributed by atoms with E-state index in [4.69, 9.17) is 23.7 Å². The maximum atomic E-state index is 5.69. The number of ether oxygens (including phenoxy) is 5. The highest BCUT2D eigenvalue weighted by Crippen LogP contribution is 2.47. The van der Waals surface area contributed by atoms with E-state index in [9.17, 15) is 0 Å². The molecule has 0 spiro atoms. The van der Waals surface area contributed by atoms with E-state index in [0.717, 1.165) is 27.0 Å². The summed E-state index contributed by atoms with van der Waals surface area (Å²) in [7, 11) is 9.92. The molecule has 0 radical (unpaired) electrons. The number of nitrogens with zero attached hydrogens (tertiary/aromatic N) is 2. The number of rotatable bonds is 7. The van der Waals surface area contributed by atoms with Crippen LogP contribution in [0.5, 0.6) is 28.7 Å². The lowest BCUT2D eigenvalue weighted by Gasteiger charge is -2.17. The standard InChI is InChI=1S/C21H23BrN2O5/c1-24-11-23-18(12-9-15(26-3)17(22)16(10-12)27-4)19(24)13-7-8-14(25-2)21(29-6)20(13)28-5/h7-11H,1-6H3. The van der Waals surface area contributed by atoms with Crippen molar-refractivity contribution in [2.75, 3.05) is 35.5 Å². The lowest BCUT2D eigenvalue weighted by Crippen LogP contribution is -2.00. The van der Waals surface area contributed by atoms with Gasteiger partial charge in [-0.3, -0.25) is 0 Å². The summed E-state index contributed by atoms with van der Waals surface area (Å²) < 4.78 is 30.3. The molecule has 0 aliphatic heterocycles. The van der Waals surface area contributed by atoms with Gasteiger partial charge in [-0.2, -0.15) is 0 Å². The minimum Gasteiger partial charge on any atom is -0.495 e. The van der Waals surface area contributed by atoms with Crippen LogP contribution in [0.4, 0.5) is 0 Å². The topological polar surface area (TPSA) is 64.0 Å². The van der Waals surface area contributed by atoms with Crippen molar-refractivity contribution < 1.29 is 23.7 Å². The summed E-state index contributed by atoms with van der Waals surface area (Å²) in [6, 6.07) is 7.58. The molecule has 0 amide bonds. The fourth-order valence-electron chi connectivity index (χ4n) is 3.25. The number of imidazole rings is 1. The van der Waals surface area contributed by atoms with Gasteiger partial charge in [0.1, 0.15) is 16.0 Å². The molecule has 0 saturated carbocycles. The van der Waals surface area contributed by atoms with Crippen LogP contribution in [0.15, 0.2) is 35.1 Å². The van der Waals surface area contributed by atoms with E-state index < -0.39 is 0 Å². The Morgan fingerprint density at radius 3 is 1.90 bits per heavy atom. The summed E-state index contributed by atoms with van der Waals surface area (Å²) in [4.78, 5) is 4.63. The van der Waals surface area contributed by atoms with Gasteiger partial charge in [0, 0.05) is 18.2 Å². The first-order valence-electron chi connectivity index (χ1n) is 8.73. The maximum absolute atomic E-state index is 5.69. The van der Waals surface area contributed by atoms with Crippen molar-refractivity contribution in [2.24, 2.45) is 7.05 Å². The van der Waals surface area contributed by atoms with Crippen LogP contribution >= 0.6 is 15.9 Å². The molecule has 8 heteroatoms. The van der Waals surface area contributed by atoms with Gasteiger partial charge in [0.15, 0.2) is 11.5 Å². The Kier molecular flexibility index (Phi) is 6.22. The van der Waals surface area contributed by atoms with E-state index in [2.05, 4.69) is 20.9 Å². The quantitative estimate of drug-likeness (QED) is 0.512. The molecule has 1 heterocycles. The zero-order chi connectivity index (χ0) is 21.1. The van der Waals surface area contributed by atoms with Crippen LogP contribution in [0.2, 0.25) is 0 Å². The molecule has 0 aliphatic carbocycles. The second-order valence-corrected chi connectivity index (χ2v) is 6.92. The minimum absolute atomic E-state index is 0.519. The number of benzene rings is 2. The Bertz CT molecular complexity index is 1010. The highest BCUT2D eigenvalue weighted by molar-refractivity contribution is 9.10. The summed E-state index contributed by atoms with van der Waals surface area (Å²) >= 11 is 3.51. The van der Waals surface area contributed by atoms with Crippen LogP contribution in [0.3, 0.4) is 0 Å². The number of hydrogen-bond donors (Lipinski definition) is 0. The lowest BCUT2D eigenvalue weighted by atomic mass is 10.0. The Morgan fingerprint density at radius 1 is 0.793 bits per heavy atom. The van der Waals surface area contributed by atoms with Gasteiger partial charge < -0.3 is 28.3 Å². The van der Waals surface area contributed by atoms with Crippen molar-refractivity contribution in [3.05, 3.63) is 35.1 Å². The summed E-state index contributed by atoms with van der Waals surface area (Å²) in [6.45, 7) is 0. The van der Waals surface area contributed by atoms with Gasteiger partial charge in [0.25, 0.3) is 0 Å². The van der Waals surface area contributed by atoms with Crippen LogP contribution in [0.25, 0.3) is 22.5 Å². The van der Waals surface area contributed by atoms with Crippen molar-refractivity contribution in [1.29, 1.82) is 0 Å². The van der Waals surface area contributed by atoms with Crippen LogP contribution < -0.4 is 23.7 Å². The van der Waals surface area contributed by atoms with E-state index in [0.29, 0.717) is 28.7 Å². The highest BCUT2D eigenvalue weighted by atomic mass is 79.9. The van der Waals surface area contributed by atoms with Crippen molar-refractivity contribution in [3.8, 4) is 51.3 Å². The van der Waals surface area contributed by atoms with E-state index in [1.165, 1.54) is 0 Å². The molecule has 0 N–H and O–H groups in total. The molecule has 0 unspecified atom stereocenters. The largest absolute Gasteiger partial charge is 0.495 e. The fraction of sp³-hybridized carbons (Fsp3) is 0.286. The molecule has 0 aliphatic rings. The highest BCUT2D eigenvalue weighted by Gasteiger charge is 2.23. The maximum Gasteiger partial charge on any atom is 0.203 e. The van der Waals surface area contributed by atoms with Gasteiger partial charge in [-0.25, -0.2) is 4.98 Å². The number of methoxy groups -OCH3 is 5. The summed E-state index contributed by atoms with van der Waals surface area (Å²) in [6.07, 6.45) is 1.75. The van der Waals surface area contributed by atoms with E-state index in [1.54, 1.807) is 41.9 Å². The van der Waals surface area contributed by atoms with Gasteiger partial charge >= 0.3 is 0 Å². The Morgan fingerprint density at radius 2 is 1.38 bits per heavy atom. The third-order valence-electron chi connectivity index (χ3n) is 4.62. The average molecular weight is 463 g/mol. The smallest absolute Gasteiger partial charge is 0.203 e. The minimum atomic E-state index is 0.519. The van der Waals surface area contributed by atoms with Crippen molar-refractivity contribution in [3.63, 3.8) is 0 Å². The van der Waals surface area contributed by atoms with Crippen LogP contribution in [-0.2, 0) is 7.05 Å². The van der Waals surface area contributed by atoms with Crippen LogP contribution in [-0.4, -0.2) is 45.1 Å². The monoisotopic (exact) mass is 462 g/mol. The molecule has 0 atom stereocenters. The van der Waals surface area contributed by atoms with E-state index in [-0.39, 0.29) is 0 Å². The van der Waals surface area contributed by atoms with Crippen molar-refractivity contribution in [1.82, 2.24) is 9.55 Å². The van der Waals surface area contributed by atoms with Crippen LogP contribution in [0, 0.1) is 0 Å². The molecule has 3 aromatic rings. The van der Waals surface area contributed by atoms with Gasteiger partial charge in [-0.05, 0) is 40.2 Å². The average Bonchev–Trinajstić information content (AvgIpc) is 3.13. The molecule has 154 valence electrons. The Hall–Kier alpha value is -2.87. The lowest BCUT2D eigenvalue weighted by molar-refractivity contribution is 0.325. The molecule has 0 fully saturated rings. The Balaban J connectivity index is 2.28. The normalized spacial score (nSPS) is 10.6. The molecular formula is C21H23BrN2O5. The van der Waals surface area contributed by atoms with Crippen LogP contribution in [0.1, 0.15) is 0 Å². The number of hydrogen-bond acceptors (Lipinski definition) is 6. The molecular weight excluding hydrogens is 440 g/mol. The predicted molar refractivity (Wildman–Crippen MR) is 115 cm³/mol. The van der Waals surface area contributed by atoms with Gasteiger partial charge in [0.2, 0.25) is 5.75 Å². The third-order valence-corrected chi connectivity index (χ3v) is 5.40. The zero-order valence-corrected chi connectivity index (χ0v) is 18.8. The number of halogens is 1. The first-order chi connectivity index (χ1) is 14.0. The second-order valence-electron chi connectivity index (χ2n) is 6.13. The fourth-order valence-corrected chi connectivity index (χ4v) is 3.81. The third kappa shape index (κ3) is 3.60. The van der Waals surface area contributed by atoms with Gasteiger partial charge in [0.05, 0.1) is 53.3 Å². The molecule has 7 nitrogen and oxygen atoms in total. The van der Waals surface area contributed by atoms with E-state index in [1.807, 2.05) is 35.9 Å².